The lowest BCUT2D eigenvalue weighted by atomic mass is 10.2. The number of nitrogens with two attached hydrogens (primary N) is 1. The second kappa shape index (κ2) is 7.66. The van der Waals surface area contributed by atoms with Crippen LogP contribution in [0.25, 0.3) is 11.4 Å². The van der Waals surface area contributed by atoms with Crippen molar-refractivity contribution in [3.8, 4) is 11.4 Å². The van der Waals surface area contributed by atoms with Crippen molar-refractivity contribution < 1.29 is 9.59 Å². The summed E-state index contributed by atoms with van der Waals surface area (Å²) in [7, 11) is 0. The standard InChI is InChI=1S/C16H20N6O2S/c1-2-14(23)22-9-25-8-12(22)16(24)18-11-5-3-10(4-6-11)15-19-13(7-17)20-21-15/h3-6,12H,2,7-9,17H2,1H3,(H,18,24)(H,19,20,21). The number of amides is 2. The van der Waals surface area contributed by atoms with Crippen LogP contribution in [-0.4, -0.2) is 49.6 Å². The topological polar surface area (TPSA) is 117 Å². The fourth-order valence-corrected chi connectivity index (χ4v) is 3.73. The first-order chi connectivity index (χ1) is 12.1. The summed E-state index contributed by atoms with van der Waals surface area (Å²) in [5, 5.41) is 9.74. The minimum atomic E-state index is -0.419. The first-order valence-corrected chi connectivity index (χ1v) is 9.17. The van der Waals surface area contributed by atoms with Gasteiger partial charge < -0.3 is 16.0 Å². The van der Waals surface area contributed by atoms with Crippen LogP contribution < -0.4 is 11.1 Å². The second-order valence-corrected chi connectivity index (χ2v) is 6.61. The number of benzene rings is 1. The molecular formula is C16H20N6O2S. The van der Waals surface area contributed by atoms with Crippen molar-refractivity contribution in [2.75, 3.05) is 16.9 Å². The van der Waals surface area contributed by atoms with Crippen LogP contribution in [0.2, 0.25) is 0 Å². The molecule has 132 valence electrons. The predicted octanol–water partition coefficient (Wildman–Crippen LogP) is 1.18. The summed E-state index contributed by atoms with van der Waals surface area (Å²) in [5.41, 5.74) is 7.01. The van der Waals surface area contributed by atoms with E-state index in [0.717, 1.165) is 5.56 Å². The molecule has 1 fully saturated rings. The van der Waals surface area contributed by atoms with Gasteiger partial charge >= 0.3 is 0 Å². The number of nitrogens with zero attached hydrogens (tertiary/aromatic N) is 3. The van der Waals surface area contributed by atoms with Gasteiger partial charge in [-0.2, -0.15) is 5.10 Å². The third-order valence-corrected chi connectivity index (χ3v) is 4.96. The SMILES string of the molecule is CCC(=O)N1CSCC1C(=O)Nc1ccc(-c2n[nH]c(CN)n2)cc1. The molecule has 1 aromatic carbocycles. The summed E-state index contributed by atoms with van der Waals surface area (Å²) < 4.78 is 0. The van der Waals surface area contributed by atoms with Gasteiger partial charge in [0.1, 0.15) is 11.9 Å². The zero-order valence-electron chi connectivity index (χ0n) is 13.9. The van der Waals surface area contributed by atoms with Gasteiger partial charge in [0.05, 0.1) is 12.4 Å². The monoisotopic (exact) mass is 360 g/mol. The largest absolute Gasteiger partial charge is 0.324 e. The number of H-pyrrole nitrogens is 1. The van der Waals surface area contributed by atoms with E-state index in [0.29, 0.717) is 41.9 Å². The lowest BCUT2D eigenvalue weighted by Gasteiger charge is -2.22. The normalized spacial score (nSPS) is 16.9. The maximum atomic E-state index is 12.5. The van der Waals surface area contributed by atoms with Crippen LogP contribution in [-0.2, 0) is 16.1 Å². The molecule has 1 aromatic heterocycles. The fourth-order valence-electron chi connectivity index (χ4n) is 2.55. The molecule has 0 aliphatic carbocycles. The highest BCUT2D eigenvalue weighted by atomic mass is 32.2. The van der Waals surface area contributed by atoms with Gasteiger partial charge in [-0.3, -0.25) is 14.7 Å². The highest BCUT2D eigenvalue weighted by Gasteiger charge is 2.33. The fraction of sp³-hybridized carbons (Fsp3) is 0.375. The number of hydrogen-bond acceptors (Lipinski definition) is 6. The number of carbonyl (C=O) groups excluding carboxylic acids is 2. The number of hydrogen-bond donors (Lipinski definition) is 3. The second-order valence-electron chi connectivity index (χ2n) is 5.61. The lowest BCUT2D eigenvalue weighted by Crippen LogP contribution is -2.44. The molecule has 2 amide bonds. The molecule has 2 heterocycles. The molecule has 1 aliphatic rings. The summed E-state index contributed by atoms with van der Waals surface area (Å²) in [4.78, 5) is 30.3. The van der Waals surface area contributed by atoms with E-state index in [9.17, 15) is 9.59 Å². The molecule has 1 saturated heterocycles. The molecule has 1 atom stereocenters. The molecule has 9 heteroatoms. The quantitative estimate of drug-likeness (QED) is 0.737. The molecule has 25 heavy (non-hydrogen) atoms. The van der Waals surface area contributed by atoms with Gasteiger partial charge in [0.15, 0.2) is 5.82 Å². The third kappa shape index (κ3) is 3.83. The molecule has 3 rings (SSSR count). The Morgan fingerprint density at radius 2 is 2.16 bits per heavy atom. The predicted molar refractivity (Wildman–Crippen MR) is 96.6 cm³/mol. The molecule has 0 bridgehead atoms. The number of rotatable bonds is 5. The van der Waals surface area contributed by atoms with E-state index in [4.69, 9.17) is 5.73 Å². The van der Waals surface area contributed by atoms with Gasteiger partial charge in [-0.15, -0.1) is 11.8 Å². The van der Waals surface area contributed by atoms with Gasteiger partial charge in [0.2, 0.25) is 11.8 Å². The van der Waals surface area contributed by atoms with Crippen molar-refractivity contribution in [1.82, 2.24) is 20.1 Å². The zero-order chi connectivity index (χ0) is 17.8. The van der Waals surface area contributed by atoms with Crippen molar-refractivity contribution in [2.24, 2.45) is 5.73 Å². The summed E-state index contributed by atoms with van der Waals surface area (Å²) in [5.74, 6) is 2.20. The Labute approximate surface area is 149 Å². The summed E-state index contributed by atoms with van der Waals surface area (Å²) in [6.45, 7) is 2.10. The van der Waals surface area contributed by atoms with E-state index in [1.165, 1.54) is 0 Å². The number of aromatic nitrogens is 3. The molecule has 8 nitrogen and oxygen atoms in total. The van der Waals surface area contributed by atoms with Crippen molar-refractivity contribution >= 4 is 29.3 Å². The zero-order valence-corrected chi connectivity index (χ0v) is 14.7. The number of anilines is 1. The van der Waals surface area contributed by atoms with Crippen LogP contribution in [0.5, 0.6) is 0 Å². The van der Waals surface area contributed by atoms with E-state index in [1.54, 1.807) is 35.7 Å². The van der Waals surface area contributed by atoms with Gasteiger partial charge in [-0.1, -0.05) is 6.92 Å². The van der Waals surface area contributed by atoms with Crippen molar-refractivity contribution in [2.45, 2.75) is 25.9 Å². The van der Waals surface area contributed by atoms with E-state index < -0.39 is 6.04 Å². The molecular weight excluding hydrogens is 340 g/mol. The Morgan fingerprint density at radius 3 is 2.80 bits per heavy atom. The van der Waals surface area contributed by atoms with Crippen LogP contribution >= 0.6 is 11.8 Å². The molecule has 1 aliphatic heterocycles. The van der Waals surface area contributed by atoms with Gasteiger partial charge in [0, 0.05) is 23.4 Å². The Bertz CT molecular complexity index is 760. The molecule has 2 aromatic rings. The van der Waals surface area contributed by atoms with Crippen molar-refractivity contribution in [1.29, 1.82) is 0 Å². The van der Waals surface area contributed by atoms with Gasteiger partial charge in [-0.25, -0.2) is 4.98 Å². The van der Waals surface area contributed by atoms with Crippen molar-refractivity contribution in [3.63, 3.8) is 0 Å². The lowest BCUT2D eigenvalue weighted by molar-refractivity contribution is -0.135. The highest BCUT2D eigenvalue weighted by molar-refractivity contribution is 7.99. The van der Waals surface area contributed by atoms with Crippen LogP contribution in [0.15, 0.2) is 24.3 Å². The number of carbonyl (C=O) groups is 2. The van der Waals surface area contributed by atoms with Crippen LogP contribution in [0, 0.1) is 0 Å². The molecule has 0 spiro atoms. The highest BCUT2D eigenvalue weighted by Crippen LogP contribution is 2.24. The Morgan fingerprint density at radius 1 is 1.40 bits per heavy atom. The molecule has 0 saturated carbocycles. The van der Waals surface area contributed by atoms with Gasteiger partial charge in [0.25, 0.3) is 0 Å². The molecule has 1 unspecified atom stereocenters. The average Bonchev–Trinajstić information content (AvgIpc) is 3.31. The van der Waals surface area contributed by atoms with E-state index >= 15 is 0 Å². The maximum Gasteiger partial charge on any atom is 0.248 e. The minimum absolute atomic E-state index is 0.000752. The number of aromatic amines is 1. The number of thioether (sulfide) groups is 1. The molecule has 4 N–H and O–H groups in total. The number of nitrogens with one attached hydrogen (secondary N) is 2. The van der Waals surface area contributed by atoms with Crippen LogP contribution in [0.4, 0.5) is 5.69 Å². The molecule has 0 radical (unpaired) electrons. The van der Waals surface area contributed by atoms with Crippen LogP contribution in [0.3, 0.4) is 0 Å². The third-order valence-electron chi connectivity index (χ3n) is 3.94. The summed E-state index contributed by atoms with van der Waals surface area (Å²) in [6.07, 6.45) is 0.403. The van der Waals surface area contributed by atoms with E-state index in [2.05, 4.69) is 20.5 Å². The smallest absolute Gasteiger partial charge is 0.248 e. The van der Waals surface area contributed by atoms with Crippen LogP contribution in [0.1, 0.15) is 19.2 Å². The van der Waals surface area contributed by atoms with E-state index in [1.807, 2.05) is 12.1 Å². The van der Waals surface area contributed by atoms with Gasteiger partial charge in [-0.05, 0) is 24.3 Å². The first kappa shape index (κ1) is 17.4. The minimum Gasteiger partial charge on any atom is -0.324 e. The Hall–Kier alpha value is -2.39. The van der Waals surface area contributed by atoms with E-state index in [-0.39, 0.29) is 11.8 Å². The average molecular weight is 360 g/mol. The van der Waals surface area contributed by atoms with Crippen molar-refractivity contribution in [3.05, 3.63) is 30.1 Å². The maximum absolute atomic E-state index is 12.5. The Balaban J connectivity index is 1.66. The summed E-state index contributed by atoms with van der Waals surface area (Å²) >= 11 is 1.59. The first-order valence-electron chi connectivity index (χ1n) is 8.02. The Kier molecular flexibility index (Phi) is 5.34. The summed E-state index contributed by atoms with van der Waals surface area (Å²) in [6, 6.07) is 6.83.